The molecular weight excluding hydrogens is 168 g/mol. The van der Waals surface area contributed by atoms with E-state index in [1.165, 1.54) is 0 Å². The Hall–Kier alpha value is -0.610. The predicted octanol–water partition coefficient (Wildman–Crippen LogP) is -0.299. The number of nitrogens with zero attached hydrogens (tertiary/aromatic N) is 1. The molecule has 0 saturated carbocycles. The maximum absolute atomic E-state index is 11.7. The molecule has 1 N–H and O–H groups in total. The van der Waals surface area contributed by atoms with Gasteiger partial charge in [0.1, 0.15) is 0 Å². The van der Waals surface area contributed by atoms with E-state index in [9.17, 15) is 4.79 Å². The Morgan fingerprint density at radius 1 is 1.69 bits per heavy atom. The summed E-state index contributed by atoms with van der Waals surface area (Å²) in [4.78, 5) is 13.4. The zero-order valence-corrected chi connectivity index (χ0v) is 8.38. The maximum Gasteiger partial charge on any atom is 0.226 e. The summed E-state index contributed by atoms with van der Waals surface area (Å²) in [5.41, 5.74) is 0. The Kier molecular flexibility index (Phi) is 4.18. The number of nitrogens with one attached hydrogen (secondary N) is 1. The number of hydrogen-bond acceptors (Lipinski definition) is 3. The average Bonchev–Trinajstić information content (AvgIpc) is 2.65. The van der Waals surface area contributed by atoms with Gasteiger partial charge in [0.2, 0.25) is 5.91 Å². The molecule has 1 fully saturated rings. The van der Waals surface area contributed by atoms with Crippen LogP contribution in [0.2, 0.25) is 0 Å². The number of likely N-dealkylation sites (N-methyl/N-ethyl adjacent to an activating group) is 1. The van der Waals surface area contributed by atoms with Crippen molar-refractivity contribution in [3.05, 3.63) is 0 Å². The Morgan fingerprint density at radius 3 is 3.00 bits per heavy atom. The van der Waals surface area contributed by atoms with E-state index in [2.05, 4.69) is 5.32 Å². The minimum absolute atomic E-state index is 0.182. The molecule has 1 heterocycles. The minimum atomic E-state index is 0.182. The Labute approximate surface area is 79.2 Å². The number of rotatable bonds is 4. The lowest BCUT2D eigenvalue weighted by atomic mass is 10.1. The molecule has 1 aliphatic rings. The third-order valence-electron chi connectivity index (χ3n) is 2.42. The molecule has 13 heavy (non-hydrogen) atoms. The average molecular weight is 186 g/mol. The second-order valence-corrected chi connectivity index (χ2v) is 3.44. The molecule has 0 aromatic rings. The highest BCUT2D eigenvalue weighted by Crippen LogP contribution is 2.10. The molecule has 4 nitrogen and oxygen atoms in total. The summed E-state index contributed by atoms with van der Waals surface area (Å²) in [6.07, 6.45) is 0.968. The molecule has 1 atom stereocenters. The van der Waals surface area contributed by atoms with Gasteiger partial charge in [0.05, 0.1) is 12.5 Å². The zero-order chi connectivity index (χ0) is 9.68. The summed E-state index contributed by atoms with van der Waals surface area (Å²) >= 11 is 0. The summed E-state index contributed by atoms with van der Waals surface area (Å²) in [5, 5.41) is 3.19. The summed E-state index contributed by atoms with van der Waals surface area (Å²) in [5.74, 6) is 0.420. The van der Waals surface area contributed by atoms with E-state index < -0.39 is 0 Å². The summed E-state index contributed by atoms with van der Waals surface area (Å²) in [6.45, 7) is 3.10. The second-order valence-electron chi connectivity index (χ2n) is 3.44. The van der Waals surface area contributed by atoms with Gasteiger partial charge in [-0.2, -0.15) is 0 Å². The fraction of sp³-hybridized carbons (Fsp3) is 0.889. The zero-order valence-electron chi connectivity index (χ0n) is 8.38. The van der Waals surface area contributed by atoms with Crippen LogP contribution in [0.4, 0.5) is 0 Å². The van der Waals surface area contributed by atoms with Crippen LogP contribution in [0.25, 0.3) is 0 Å². The van der Waals surface area contributed by atoms with Gasteiger partial charge in [0, 0.05) is 27.2 Å². The van der Waals surface area contributed by atoms with Crippen LogP contribution in [-0.4, -0.2) is 51.2 Å². The Balaban J connectivity index is 2.28. The molecule has 1 saturated heterocycles. The molecule has 0 aliphatic carbocycles. The van der Waals surface area contributed by atoms with E-state index >= 15 is 0 Å². The molecule has 0 spiro atoms. The third kappa shape index (κ3) is 2.97. The van der Waals surface area contributed by atoms with Crippen LogP contribution in [-0.2, 0) is 9.53 Å². The van der Waals surface area contributed by atoms with Crippen molar-refractivity contribution in [3.8, 4) is 0 Å². The van der Waals surface area contributed by atoms with Crippen LogP contribution in [0.15, 0.2) is 0 Å². The van der Waals surface area contributed by atoms with Gasteiger partial charge in [0.25, 0.3) is 0 Å². The fourth-order valence-corrected chi connectivity index (χ4v) is 1.52. The molecule has 0 radical (unpaired) electrons. The first kappa shape index (κ1) is 10.5. The van der Waals surface area contributed by atoms with E-state index in [4.69, 9.17) is 4.74 Å². The first-order valence-electron chi connectivity index (χ1n) is 4.70. The lowest BCUT2D eigenvalue weighted by Crippen LogP contribution is -2.36. The molecule has 4 heteroatoms. The fourth-order valence-electron chi connectivity index (χ4n) is 1.52. The van der Waals surface area contributed by atoms with E-state index in [1.807, 2.05) is 7.05 Å². The van der Waals surface area contributed by atoms with Crippen molar-refractivity contribution in [1.82, 2.24) is 10.2 Å². The standard InChI is InChI=1S/C9H18N2O2/c1-11(5-6-13-2)9(12)8-3-4-10-7-8/h8,10H,3-7H2,1-2H3. The summed E-state index contributed by atoms with van der Waals surface area (Å²) in [6, 6.07) is 0. The first-order chi connectivity index (χ1) is 6.25. The molecule has 1 rings (SSSR count). The number of methoxy groups -OCH3 is 1. The van der Waals surface area contributed by atoms with Crippen LogP contribution < -0.4 is 5.32 Å². The van der Waals surface area contributed by atoms with Crippen molar-refractivity contribution < 1.29 is 9.53 Å². The first-order valence-corrected chi connectivity index (χ1v) is 4.70. The van der Waals surface area contributed by atoms with Gasteiger partial charge in [-0.05, 0) is 13.0 Å². The SMILES string of the molecule is COCCN(C)C(=O)C1CCNC1. The van der Waals surface area contributed by atoms with E-state index in [1.54, 1.807) is 12.0 Å². The number of ether oxygens (including phenoxy) is 1. The normalized spacial score (nSPS) is 21.8. The molecular formula is C9H18N2O2. The maximum atomic E-state index is 11.7. The molecule has 0 aromatic heterocycles. The van der Waals surface area contributed by atoms with Crippen LogP contribution in [0.1, 0.15) is 6.42 Å². The van der Waals surface area contributed by atoms with Crippen molar-refractivity contribution in [2.45, 2.75) is 6.42 Å². The summed E-state index contributed by atoms with van der Waals surface area (Å²) in [7, 11) is 3.48. The molecule has 1 amide bonds. The van der Waals surface area contributed by atoms with Crippen molar-refractivity contribution in [2.24, 2.45) is 5.92 Å². The van der Waals surface area contributed by atoms with Crippen molar-refractivity contribution >= 4 is 5.91 Å². The lowest BCUT2D eigenvalue weighted by Gasteiger charge is -2.19. The number of hydrogen-bond donors (Lipinski definition) is 1. The van der Waals surface area contributed by atoms with Gasteiger partial charge in [-0.3, -0.25) is 4.79 Å². The van der Waals surface area contributed by atoms with Crippen molar-refractivity contribution in [3.63, 3.8) is 0 Å². The molecule has 0 bridgehead atoms. The monoisotopic (exact) mass is 186 g/mol. The highest BCUT2D eigenvalue weighted by atomic mass is 16.5. The summed E-state index contributed by atoms with van der Waals surface area (Å²) < 4.78 is 4.92. The highest BCUT2D eigenvalue weighted by molar-refractivity contribution is 5.79. The van der Waals surface area contributed by atoms with Crippen molar-refractivity contribution in [2.75, 3.05) is 40.4 Å². The van der Waals surface area contributed by atoms with E-state index in [0.29, 0.717) is 13.2 Å². The molecule has 1 aliphatic heterocycles. The van der Waals surface area contributed by atoms with Crippen LogP contribution in [0, 0.1) is 5.92 Å². The largest absolute Gasteiger partial charge is 0.383 e. The Bertz CT molecular complexity index is 167. The molecule has 76 valence electrons. The Morgan fingerprint density at radius 2 is 2.46 bits per heavy atom. The lowest BCUT2D eigenvalue weighted by molar-refractivity contribution is -0.134. The highest BCUT2D eigenvalue weighted by Gasteiger charge is 2.24. The van der Waals surface area contributed by atoms with Gasteiger partial charge >= 0.3 is 0 Å². The second kappa shape index (κ2) is 5.19. The third-order valence-corrected chi connectivity index (χ3v) is 2.42. The van der Waals surface area contributed by atoms with Gasteiger partial charge in [-0.1, -0.05) is 0 Å². The minimum Gasteiger partial charge on any atom is -0.383 e. The number of carbonyl (C=O) groups excluding carboxylic acids is 1. The van der Waals surface area contributed by atoms with Gasteiger partial charge in [0.15, 0.2) is 0 Å². The molecule has 0 aromatic carbocycles. The predicted molar refractivity (Wildman–Crippen MR) is 50.5 cm³/mol. The smallest absolute Gasteiger partial charge is 0.226 e. The molecule has 1 unspecified atom stereocenters. The van der Waals surface area contributed by atoms with Crippen LogP contribution in [0.5, 0.6) is 0 Å². The van der Waals surface area contributed by atoms with Gasteiger partial charge in [-0.15, -0.1) is 0 Å². The van der Waals surface area contributed by atoms with Crippen LogP contribution in [0.3, 0.4) is 0 Å². The van der Waals surface area contributed by atoms with Gasteiger partial charge in [-0.25, -0.2) is 0 Å². The topological polar surface area (TPSA) is 41.6 Å². The number of amides is 1. The van der Waals surface area contributed by atoms with Crippen molar-refractivity contribution in [1.29, 1.82) is 0 Å². The quantitative estimate of drug-likeness (QED) is 0.655. The number of carbonyl (C=O) groups is 1. The van der Waals surface area contributed by atoms with E-state index in [0.717, 1.165) is 19.5 Å². The van der Waals surface area contributed by atoms with E-state index in [-0.39, 0.29) is 11.8 Å². The van der Waals surface area contributed by atoms with Gasteiger partial charge < -0.3 is 15.0 Å². The van der Waals surface area contributed by atoms with Crippen LogP contribution >= 0.6 is 0 Å².